The van der Waals surface area contributed by atoms with Crippen molar-refractivity contribution in [1.82, 2.24) is 15.1 Å². The summed E-state index contributed by atoms with van der Waals surface area (Å²) in [5.41, 5.74) is 0.395. The molecule has 7 heteroatoms. The van der Waals surface area contributed by atoms with Gasteiger partial charge in [-0.3, -0.25) is 9.48 Å². The van der Waals surface area contributed by atoms with Crippen molar-refractivity contribution in [2.75, 3.05) is 0 Å². The largest absolute Gasteiger partial charge is 0.416 e. The summed E-state index contributed by atoms with van der Waals surface area (Å²) in [4.78, 5) is 11.9. The third-order valence-corrected chi connectivity index (χ3v) is 3.94. The zero-order chi connectivity index (χ0) is 17.3. The molecule has 3 rings (SSSR count). The summed E-state index contributed by atoms with van der Waals surface area (Å²) in [5.74, 6) is -0.616. The van der Waals surface area contributed by atoms with Gasteiger partial charge in [0.25, 0.3) is 0 Å². The van der Waals surface area contributed by atoms with E-state index in [1.165, 1.54) is 18.2 Å². The van der Waals surface area contributed by atoms with Gasteiger partial charge in [0.05, 0.1) is 11.8 Å². The zero-order valence-corrected chi connectivity index (χ0v) is 12.9. The number of carbonyl (C=O) groups is 1. The predicted molar refractivity (Wildman–Crippen MR) is 83.0 cm³/mol. The fourth-order valence-electron chi connectivity index (χ4n) is 2.71. The summed E-state index contributed by atoms with van der Waals surface area (Å²) in [6, 6.07) is 5.25. The first-order valence-corrected chi connectivity index (χ1v) is 7.48. The molecule has 0 bridgehead atoms. The standard InChI is InChI=1S/C17H16F3N3O/c1-23-10-11(9-21-23)6-7-16(24)22-15-8-13(15)12-4-2-3-5-14(12)17(18,19)20/h2-7,9-10,13,15H,8H2,1H3,(H,22,24)/b7-6-/t13-,15-/m1/s1. The normalized spacial score (nSPS) is 20.3. The molecule has 1 amide bonds. The second-order valence-electron chi connectivity index (χ2n) is 5.82. The minimum Gasteiger partial charge on any atom is -0.349 e. The number of hydrogen-bond acceptors (Lipinski definition) is 2. The maximum atomic E-state index is 13.0. The van der Waals surface area contributed by atoms with Crippen LogP contribution in [0.25, 0.3) is 6.08 Å². The molecule has 24 heavy (non-hydrogen) atoms. The number of nitrogens with zero attached hydrogens (tertiary/aromatic N) is 2. The van der Waals surface area contributed by atoms with Crippen molar-refractivity contribution in [3.8, 4) is 0 Å². The molecule has 126 valence electrons. The molecular weight excluding hydrogens is 319 g/mol. The van der Waals surface area contributed by atoms with Crippen LogP contribution < -0.4 is 5.32 Å². The van der Waals surface area contributed by atoms with Crippen molar-refractivity contribution in [2.45, 2.75) is 24.6 Å². The topological polar surface area (TPSA) is 46.9 Å². The third-order valence-electron chi connectivity index (χ3n) is 3.94. The van der Waals surface area contributed by atoms with Crippen molar-refractivity contribution in [2.24, 2.45) is 7.05 Å². The molecule has 0 unspecified atom stereocenters. The van der Waals surface area contributed by atoms with E-state index < -0.39 is 11.7 Å². The first kappa shape index (κ1) is 16.3. The van der Waals surface area contributed by atoms with E-state index in [2.05, 4.69) is 10.4 Å². The van der Waals surface area contributed by atoms with Gasteiger partial charge in [-0.2, -0.15) is 18.3 Å². The monoisotopic (exact) mass is 335 g/mol. The summed E-state index contributed by atoms with van der Waals surface area (Å²) in [6.07, 6.45) is 2.48. The summed E-state index contributed by atoms with van der Waals surface area (Å²) in [5, 5.41) is 6.72. The Labute approximate surface area is 137 Å². The fraction of sp³-hybridized carbons (Fsp3) is 0.294. The number of hydrogen-bond donors (Lipinski definition) is 1. The lowest BCUT2D eigenvalue weighted by Gasteiger charge is -2.12. The van der Waals surface area contributed by atoms with Crippen LogP contribution in [0.5, 0.6) is 0 Å². The van der Waals surface area contributed by atoms with E-state index in [-0.39, 0.29) is 23.4 Å². The summed E-state index contributed by atoms with van der Waals surface area (Å²) in [6.45, 7) is 0. The van der Waals surface area contributed by atoms with E-state index in [9.17, 15) is 18.0 Å². The SMILES string of the molecule is Cn1cc(/C=C\C(=O)N[C@@H]2C[C@@H]2c2ccccc2C(F)(F)F)cn1. The quantitative estimate of drug-likeness (QED) is 0.873. The number of nitrogens with one attached hydrogen (secondary N) is 1. The highest BCUT2D eigenvalue weighted by Crippen LogP contribution is 2.46. The number of benzene rings is 1. The third kappa shape index (κ3) is 3.67. The van der Waals surface area contributed by atoms with Gasteiger partial charge in [-0.1, -0.05) is 18.2 Å². The average Bonchev–Trinajstić information content (AvgIpc) is 3.15. The molecular formula is C17H16F3N3O. The second kappa shape index (κ2) is 6.14. The lowest BCUT2D eigenvalue weighted by Crippen LogP contribution is -2.24. The van der Waals surface area contributed by atoms with Gasteiger partial charge >= 0.3 is 6.18 Å². The van der Waals surface area contributed by atoms with E-state index >= 15 is 0 Å². The van der Waals surface area contributed by atoms with Crippen LogP contribution in [0.2, 0.25) is 0 Å². The molecule has 1 aromatic heterocycles. The Morgan fingerprint density at radius 1 is 1.38 bits per heavy atom. The lowest BCUT2D eigenvalue weighted by molar-refractivity contribution is -0.138. The van der Waals surface area contributed by atoms with E-state index in [4.69, 9.17) is 0 Å². The molecule has 1 heterocycles. The van der Waals surface area contributed by atoms with Gasteiger partial charge in [-0.15, -0.1) is 0 Å². The van der Waals surface area contributed by atoms with Gasteiger partial charge in [0, 0.05) is 36.8 Å². The Hall–Kier alpha value is -2.57. The Morgan fingerprint density at radius 2 is 2.12 bits per heavy atom. The molecule has 1 aliphatic rings. The first-order chi connectivity index (χ1) is 11.3. The maximum Gasteiger partial charge on any atom is 0.416 e. The molecule has 2 aromatic rings. The van der Waals surface area contributed by atoms with Crippen LogP contribution >= 0.6 is 0 Å². The van der Waals surface area contributed by atoms with E-state index in [0.717, 1.165) is 11.6 Å². The number of aryl methyl sites for hydroxylation is 1. The Balaban J connectivity index is 1.62. The van der Waals surface area contributed by atoms with Crippen LogP contribution in [-0.4, -0.2) is 21.7 Å². The minimum atomic E-state index is -4.38. The smallest absolute Gasteiger partial charge is 0.349 e. The minimum absolute atomic E-state index is 0.242. The molecule has 0 saturated heterocycles. The first-order valence-electron chi connectivity index (χ1n) is 7.48. The summed E-state index contributed by atoms with van der Waals surface area (Å²) >= 11 is 0. The molecule has 0 spiro atoms. The Bertz CT molecular complexity index is 779. The van der Waals surface area contributed by atoms with Crippen LogP contribution in [0, 0.1) is 0 Å². The number of amides is 1. The fourth-order valence-corrected chi connectivity index (χ4v) is 2.71. The average molecular weight is 335 g/mol. The van der Waals surface area contributed by atoms with Gasteiger partial charge in [-0.05, 0) is 24.1 Å². The number of rotatable bonds is 4. The molecule has 4 nitrogen and oxygen atoms in total. The van der Waals surface area contributed by atoms with Crippen molar-refractivity contribution in [1.29, 1.82) is 0 Å². The number of halogens is 3. The number of carbonyl (C=O) groups excluding carboxylic acids is 1. The molecule has 1 aromatic carbocycles. The van der Waals surface area contributed by atoms with Gasteiger partial charge < -0.3 is 5.32 Å². The van der Waals surface area contributed by atoms with Crippen LogP contribution in [-0.2, 0) is 18.0 Å². The van der Waals surface area contributed by atoms with Gasteiger partial charge in [-0.25, -0.2) is 0 Å². The summed E-state index contributed by atoms with van der Waals surface area (Å²) < 4.78 is 40.7. The van der Waals surface area contributed by atoms with Crippen LogP contribution in [0.15, 0.2) is 42.7 Å². The lowest BCUT2D eigenvalue weighted by atomic mass is 10.0. The predicted octanol–water partition coefficient (Wildman–Crippen LogP) is 3.12. The highest BCUT2D eigenvalue weighted by atomic mass is 19.4. The maximum absolute atomic E-state index is 13.0. The molecule has 0 aliphatic heterocycles. The number of aromatic nitrogens is 2. The molecule has 2 atom stereocenters. The van der Waals surface area contributed by atoms with Gasteiger partial charge in [0.15, 0.2) is 0 Å². The van der Waals surface area contributed by atoms with Gasteiger partial charge in [0.2, 0.25) is 5.91 Å². The van der Waals surface area contributed by atoms with Crippen LogP contribution in [0.3, 0.4) is 0 Å². The summed E-state index contributed by atoms with van der Waals surface area (Å²) in [7, 11) is 1.77. The van der Waals surface area contributed by atoms with Crippen LogP contribution in [0.4, 0.5) is 13.2 Å². The zero-order valence-electron chi connectivity index (χ0n) is 12.9. The Kier molecular flexibility index (Phi) is 4.17. The highest BCUT2D eigenvalue weighted by molar-refractivity contribution is 5.92. The van der Waals surface area contributed by atoms with E-state index in [1.54, 1.807) is 36.3 Å². The number of alkyl halides is 3. The van der Waals surface area contributed by atoms with Crippen LogP contribution in [0.1, 0.15) is 29.0 Å². The van der Waals surface area contributed by atoms with Crippen molar-refractivity contribution in [3.05, 3.63) is 59.4 Å². The highest BCUT2D eigenvalue weighted by Gasteiger charge is 2.44. The molecule has 0 radical (unpaired) electrons. The second-order valence-corrected chi connectivity index (χ2v) is 5.82. The van der Waals surface area contributed by atoms with Crippen molar-refractivity contribution in [3.63, 3.8) is 0 Å². The van der Waals surface area contributed by atoms with E-state index in [0.29, 0.717) is 6.42 Å². The molecule has 1 aliphatic carbocycles. The van der Waals surface area contributed by atoms with Crippen molar-refractivity contribution >= 4 is 12.0 Å². The Morgan fingerprint density at radius 3 is 2.79 bits per heavy atom. The molecule has 1 saturated carbocycles. The molecule has 1 fully saturated rings. The van der Waals surface area contributed by atoms with Gasteiger partial charge in [0.1, 0.15) is 0 Å². The molecule has 1 N–H and O–H groups in total. The van der Waals surface area contributed by atoms with E-state index in [1.807, 2.05) is 0 Å². The van der Waals surface area contributed by atoms with Crippen molar-refractivity contribution < 1.29 is 18.0 Å².